The normalized spacial score (nSPS) is 11.7. The highest BCUT2D eigenvalue weighted by Gasteiger charge is 2.20. The van der Waals surface area contributed by atoms with Crippen molar-refractivity contribution < 1.29 is 9.59 Å². The molecule has 0 unspecified atom stereocenters. The summed E-state index contributed by atoms with van der Waals surface area (Å²) in [5.41, 5.74) is 9.65. The summed E-state index contributed by atoms with van der Waals surface area (Å²) < 4.78 is 1.98. The predicted molar refractivity (Wildman–Crippen MR) is 116 cm³/mol. The van der Waals surface area contributed by atoms with Crippen LogP contribution in [0.25, 0.3) is 16.7 Å². The van der Waals surface area contributed by atoms with Crippen molar-refractivity contribution in [1.82, 2.24) is 14.9 Å². The van der Waals surface area contributed by atoms with Crippen molar-refractivity contribution in [2.45, 2.75) is 12.5 Å². The SMILES string of the molecule is NC(=O)N[C@H](Cc1ccccc1)C(=O)Nc1ccc(-n2cnc3ccccc32)cc1. The smallest absolute Gasteiger partial charge is 0.312 e. The molecule has 0 fully saturated rings. The van der Waals surface area contributed by atoms with Gasteiger partial charge < -0.3 is 16.4 Å². The third-order valence-electron chi connectivity index (χ3n) is 4.78. The Bertz CT molecular complexity index is 1170. The Morgan fingerprint density at radius 1 is 0.933 bits per heavy atom. The van der Waals surface area contributed by atoms with E-state index in [9.17, 15) is 9.59 Å². The van der Waals surface area contributed by atoms with Gasteiger partial charge in [0.2, 0.25) is 5.91 Å². The Kier molecular flexibility index (Phi) is 5.43. The lowest BCUT2D eigenvalue weighted by molar-refractivity contribution is -0.117. The summed E-state index contributed by atoms with van der Waals surface area (Å²) in [6.07, 6.45) is 2.11. The molecule has 4 rings (SSSR count). The molecule has 30 heavy (non-hydrogen) atoms. The monoisotopic (exact) mass is 399 g/mol. The molecule has 1 heterocycles. The maximum Gasteiger partial charge on any atom is 0.312 e. The minimum Gasteiger partial charge on any atom is -0.352 e. The number of carbonyl (C=O) groups excluding carboxylic acids is 2. The van der Waals surface area contributed by atoms with Crippen LogP contribution in [0.3, 0.4) is 0 Å². The lowest BCUT2D eigenvalue weighted by atomic mass is 10.1. The maximum atomic E-state index is 12.7. The number of hydrogen-bond donors (Lipinski definition) is 3. The Labute approximate surface area is 173 Å². The minimum atomic E-state index is -0.776. The van der Waals surface area contributed by atoms with Crippen LogP contribution < -0.4 is 16.4 Å². The van der Waals surface area contributed by atoms with Crippen LogP contribution in [0, 0.1) is 0 Å². The molecule has 1 atom stereocenters. The van der Waals surface area contributed by atoms with Gasteiger partial charge in [-0.2, -0.15) is 0 Å². The molecule has 4 aromatic rings. The average Bonchev–Trinajstić information content (AvgIpc) is 3.18. The van der Waals surface area contributed by atoms with Gasteiger partial charge in [-0.15, -0.1) is 0 Å². The number of primary amides is 1. The molecule has 3 aromatic carbocycles. The van der Waals surface area contributed by atoms with Crippen LogP contribution in [0.5, 0.6) is 0 Å². The van der Waals surface area contributed by atoms with Crippen LogP contribution >= 0.6 is 0 Å². The number of carbonyl (C=O) groups is 2. The summed E-state index contributed by atoms with van der Waals surface area (Å²) in [5.74, 6) is -0.335. The molecular formula is C23H21N5O2. The number of rotatable bonds is 6. The fourth-order valence-electron chi connectivity index (χ4n) is 3.33. The molecular weight excluding hydrogens is 378 g/mol. The van der Waals surface area contributed by atoms with Gasteiger partial charge >= 0.3 is 6.03 Å². The largest absolute Gasteiger partial charge is 0.352 e. The number of benzene rings is 3. The molecule has 3 amide bonds. The summed E-state index contributed by atoms with van der Waals surface area (Å²) in [4.78, 5) is 28.5. The fourth-order valence-corrected chi connectivity index (χ4v) is 3.33. The number of aromatic nitrogens is 2. The van der Waals surface area contributed by atoms with Gasteiger partial charge in [0.1, 0.15) is 12.4 Å². The number of amides is 3. The second-order valence-corrected chi connectivity index (χ2v) is 6.89. The second kappa shape index (κ2) is 8.48. The van der Waals surface area contributed by atoms with Gasteiger partial charge in [0, 0.05) is 17.8 Å². The van der Waals surface area contributed by atoms with E-state index in [1.807, 2.05) is 83.4 Å². The number of imidazole rings is 1. The fraction of sp³-hybridized carbons (Fsp3) is 0.0870. The van der Waals surface area contributed by atoms with E-state index in [4.69, 9.17) is 5.73 Å². The second-order valence-electron chi connectivity index (χ2n) is 6.89. The van der Waals surface area contributed by atoms with Crippen molar-refractivity contribution in [2.75, 3.05) is 5.32 Å². The predicted octanol–water partition coefficient (Wildman–Crippen LogP) is 3.24. The van der Waals surface area contributed by atoms with Crippen molar-refractivity contribution in [3.63, 3.8) is 0 Å². The topological polar surface area (TPSA) is 102 Å². The average molecular weight is 399 g/mol. The van der Waals surface area contributed by atoms with Crippen molar-refractivity contribution in [1.29, 1.82) is 0 Å². The summed E-state index contributed by atoms with van der Waals surface area (Å²) >= 11 is 0. The lowest BCUT2D eigenvalue weighted by Gasteiger charge is -2.17. The molecule has 0 spiro atoms. The van der Waals surface area contributed by atoms with E-state index < -0.39 is 12.1 Å². The van der Waals surface area contributed by atoms with Gasteiger partial charge in [-0.05, 0) is 42.0 Å². The molecule has 0 aliphatic heterocycles. The van der Waals surface area contributed by atoms with Gasteiger partial charge in [0.25, 0.3) is 0 Å². The van der Waals surface area contributed by atoms with E-state index in [1.54, 1.807) is 6.33 Å². The highest BCUT2D eigenvalue weighted by molar-refractivity contribution is 5.97. The third-order valence-corrected chi connectivity index (χ3v) is 4.78. The highest BCUT2D eigenvalue weighted by atomic mass is 16.2. The third kappa shape index (κ3) is 4.30. The van der Waals surface area contributed by atoms with Gasteiger partial charge in [-0.3, -0.25) is 9.36 Å². The van der Waals surface area contributed by atoms with Crippen LogP contribution in [0.1, 0.15) is 5.56 Å². The number of para-hydroxylation sites is 2. The first kappa shape index (κ1) is 19.2. The van der Waals surface area contributed by atoms with E-state index in [2.05, 4.69) is 15.6 Å². The molecule has 0 saturated carbocycles. The zero-order valence-corrected chi connectivity index (χ0v) is 16.2. The molecule has 0 radical (unpaired) electrons. The van der Waals surface area contributed by atoms with Crippen molar-refractivity contribution in [3.8, 4) is 5.69 Å². The summed E-state index contributed by atoms with van der Waals surface area (Å²) in [5, 5.41) is 5.36. The number of nitrogens with zero attached hydrogens (tertiary/aromatic N) is 2. The van der Waals surface area contributed by atoms with Crippen LogP contribution in [-0.4, -0.2) is 27.5 Å². The zero-order valence-electron chi connectivity index (χ0n) is 16.2. The standard InChI is InChI=1S/C23H21N5O2/c24-23(30)27-20(14-16-6-2-1-3-7-16)22(29)26-17-10-12-18(13-11-17)28-15-25-19-8-4-5-9-21(19)28/h1-13,15,20H,14H2,(H,26,29)(H3,24,27,30)/t20-/m1/s1. The summed E-state index contributed by atoms with van der Waals surface area (Å²) in [6.45, 7) is 0. The quantitative estimate of drug-likeness (QED) is 0.464. The number of hydrogen-bond acceptors (Lipinski definition) is 3. The first-order chi connectivity index (χ1) is 14.6. The van der Waals surface area contributed by atoms with Crippen molar-refractivity contribution in [3.05, 3.63) is 90.8 Å². The number of nitrogens with two attached hydrogens (primary N) is 1. The van der Waals surface area contributed by atoms with E-state index in [-0.39, 0.29) is 5.91 Å². The van der Waals surface area contributed by atoms with Crippen LogP contribution in [0.2, 0.25) is 0 Å². The van der Waals surface area contributed by atoms with E-state index >= 15 is 0 Å². The Morgan fingerprint density at radius 2 is 1.63 bits per heavy atom. The van der Waals surface area contributed by atoms with Gasteiger partial charge in [0.15, 0.2) is 0 Å². The first-order valence-electron chi connectivity index (χ1n) is 9.53. The first-order valence-corrected chi connectivity index (χ1v) is 9.53. The van der Waals surface area contributed by atoms with Crippen LogP contribution in [0.15, 0.2) is 85.2 Å². The van der Waals surface area contributed by atoms with E-state index in [1.165, 1.54) is 0 Å². The number of nitrogens with one attached hydrogen (secondary N) is 2. The molecule has 1 aromatic heterocycles. The van der Waals surface area contributed by atoms with Crippen molar-refractivity contribution >= 4 is 28.7 Å². The molecule has 0 aliphatic carbocycles. The zero-order chi connectivity index (χ0) is 20.9. The lowest BCUT2D eigenvalue weighted by Crippen LogP contribution is -2.47. The molecule has 0 saturated heterocycles. The molecule has 150 valence electrons. The molecule has 0 aliphatic rings. The molecule has 7 heteroatoms. The Morgan fingerprint density at radius 3 is 2.37 bits per heavy atom. The van der Waals surface area contributed by atoms with E-state index in [0.29, 0.717) is 12.1 Å². The minimum absolute atomic E-state index is 0.335. The Hall–Kier alpha value is -4.13. The van der Waals surface area contributed by atoms with Crippen LogP contribution in [-0.2, 0) is 11.2 Å². The highest BCUT2D eigenvalue weighted by Crippen LogP contribution is 2.20. The molecule has 7 nitrogen and oxygen atoms in total. The number of anilines is 1. The maximum absolute atomic E-state index is 12.7. The van der Waals surface area contributed by atoms with Crippen LogP contribution in [0.4, 0.5) is 10.5 Å². The molecule has 0 bridgehead atoms. The number of fused-ring (bicyclic) bond motifs is 1. The summed E-state index contributed by atoms with van der Waals surface area (Å²) in [6, 6.07) is 23.2. The van der Waals surface area contributed by atoms with Gasteiger partial charge in [-0.1, -0.05) is 42.5 Å². The Balaban J connectivity index is 1.49. The number of urea groups is 1. The summed E-state index contributed by atoms with van der Waals surface area (Å²) in [7, 11) is 0. The molecule has 4 N–H and O–H groups in total. The van der Waals surface area contributed by atoms with Crippen molar-refractivity contribution in [2.24, 2.45) is 5.73 Å². The van der Waals surface area contributed by atoms with E-state index in [0.717, 1.165) is 22.3 Å². The van der Waals surface area contributed by atoms with Gasteiger partial charge in [0.05, 0.1) is 11.0 Å². The van der Waals surface area contributed by atoms with Gasteiger partial charge in [-0.25, -0.2) is 9.78 Å².